The Morgan fingerprint density at radius 3 is 2.05 bits per heavy atom. The van der Waals surface area contributed by atoms with Crippen molar-refractivity contribution >= 4 is 11.9 Å². The molecule has 1 aromatic rings. The number of ether oxygens (including phenoxy) is 1. The number of benzene rings is 1. The molecule has 0 bridgehead atoms. The normalized spacial score (nSPS) is 14.3. The Labute approximate surface area is 116 Å². The number of hydrogen-bond acceptors (Lipinski definition) is 4. The van der Waals surface area contributed by atoms with E-state index in [1.165, 1.54) is 0 Å². The molecule has 2 atom stereocenters. The minimum atomic E-state index is -4.52. The van der Waals surface area contributed by atoms with Gasteiger partial charge in [-0.25, -0.2) is 4.79 Å². The Kier molecular flexibility index (Phi) is 5.14. The molecule has 1 aromatic carbocycles. The second-order valence-corrected chi connectivity index (χ2v) is 4.15. The quantitative estimate of drug-likeness (QED) is 0.731. The standard InChI is InChI=1S/C12H12F3NO5/c13-12(14,15)6-1-3-7(4-2-6)21-9(11(19)20)5-8(16)10(17)18/h1-4,8-9H,5,16H2,(H,17,18)(H,19,20)/t8-,9?/m0/s1. The molecule has 0 fully saturated rings. The Hall–Kier alpha value is -2.29. The lowest BCUT2D eigenvalue weighted by Gasteiger charge is -2.17. The molecule has 0 saturated carbocycles. The van der Waals surface area contributed by atoms with E-state index in [0.717, 1.165) is 24.3 Å². The molecule has 0 saturated heterocycles. The van der Waals surface area contributed by atoms with Gasteiger partial charge in [0, 0.05) is 6.42 Å². The SMILES string of the molecule is N[C@@H](CC(Oc1ccc(C(F)(F)F)cc1)C(=O)O)C(=O)O. The van der Waals surface area contributed by atoms with Gasteiger partial charge in [0.25, 0.3) is 0 Å². The van der Waals surface area contributed by atoms with Gasteiger partial charge in [-0.1, -0.05) is 0 Å². The maximum Gasteiger partial charge on any atom is 0.416 e. The molecule has 0 radical (unpaired) electrons. The van der Waals surface area contributed by atoms with Crippen LogP contribution in [0.15, 0.2) is 24.3 Å². The number of alkyl halides is 3. The van der Waals surface area contributed by atoms with Crippen molar-refractivity contribution in [1.29, 1.82) is 0 Å². The summed E-state index contributed by atoms with van der Waals surface area (Å²) in [5.74, 6) is -3.00. The van der Waals surface area contributed by atoms with E-state index in [4.69, 9.17) is 20.7 Å². The van der Waals surface area contributed by atoms with E-state index in [-0.39, 0.29) is 5.75 Å². The van der Waals surface area contributed by atoms with Gasteiger partial charge in [0.15, 0.2) is 6.10 Å². The molecule has 0 heterocycles. The van der Waals surface area contributed by atoms with Gasteiger partial charge in [-0.2, -0.15) is 13.2 Å². The van der Waals surface area contributed by atoms with Gasteiger partial charge in [0.1, 0.15) is 11.8 Å². The van der Waals surface area contributed by atoms with E-state index in [1.807, 2.05) is 0 Å². The second kappa shape index (κ2) is 6.44. The van der Waals surface area contributed by atoms with Crippen LogP contribution in [0.2, 0.25) is 0 Å². The maximum atomic E-state index is 12.4. The Morgan fingerprint density at radius 2 is 1.67 bits per heavy atom. The van der Waals surface area contributed by atoms with Crippen molar-refractivity contribution in [3.05, 3.63) is 29.8 Å². The molecule has 21 heavy (non-hydrogen) atoms. The maximum absolute atomic E-state index is 12.4. The molecule has 9 heteroatoms. The fourth-order valence-corrected chi connectivity index (χ4v) is 1.42. The van der Waals surface area contributed by atoms with Crippen LogP contribution in [-0.2, 0) is 15.8 Å². The van der Waals surface area contributed by atoms with Crippen molar-refractivity contribution in [3.8, 4) is 5.75 Å². The third kappa shape index (κ3) is 4.95. The summed E-state index contributed by atoms with van der Waals surface area (Å²) in [7, 11) is 0. The van der Waals surface area contributed by atoms with Crippen LogP contribution in [0.3, 0.4) is 0 Å². The molecule has 0 aromatic heterocycles. The lowest BCUT2D eigenvalue weighted by Crippen LogP contribution is -2.39. The molecule has 1 rings (SSSR count). The lowest BCUT2D eigenvalue weighted by molar-refractivity contribution is -0.147. The van der Waals surface area contributed by atoms with Gasteiger partial charge in [-0.15, -0.1) is 0 Å². The van der Waals surface area contributed by atoms with Crippen molar-refractivity contribution in [3.63, 3.8) is 0 Å². The second-order valence-electron chi connectivity index (χ2n) is 4.15. The molecular formula is C12H12F3NO5. The highest BCUT2D eigenvalue weighted by Crippen LogP contribution is 2.30. The smallest absolute Gasteiger partial charge is 0.416 e. The van der Waals surface area contributed by atoms with Gasteiger partial charge < -0.3 is 20.7 Å². The highest BCUT2D eigenvalue weighted by atomic mass is 19.4. The molecule has 1 unspecified atom stereocenters. The number of carboxylic acids is 2. The Balaban J connectivity index is 2.80. The van der Waals surface area contributed by atoms with Gasteiger partial charge in [-0.05, 0) is 24.3 Å². The van der Waals surface area contributed by atoms with E-state index in [0.29, 0.717) is 0 Å². The predicted molar refractivity (Wildman–Crippen MR) is 63.7 cm³/mol. The van der Waals surface area contributed by atoms with Crippen LogP contribution < -0.4 is 10.5 Å². The van der Waals surface area contributed by atoms with Crippen molar-refractivity contribution in [2.24, 2.45) is 5.73 Å². The van der Waals surface area contributed by atoms with Crippen LogP contribution >= 0.6 is 0 Å². The summed E-state index contributed by atoms with van der Waals surface area (Å²) >= 11 is 0. The van der Waals surface area contributed by atoms with Crippen molar-refractivity contribution in [1.82, 2.24) is 0 Å². The summed E-state index contributed by atoms with van der Waals surface area (Å²) in [6.45, 7) is 0. The average molecular weight is 307 g/mol. The van der Waals surface area contributed by atoms with Gasteiger partial charge >= 0.3 is 18.1 Å². The minimum absolute atomic E-state index is 0.131. The number of nitrogens with two attached hydrogens (primary N) is 1. The monoisotopic (exact) mass is 307 g/mol. The summed E-state index contributed by atoms with van der Waals surface area (Å²) < 4.78 is 42.0. The molecular weight excluding hydrogens is 295 g/mol. The van der Waals surface area contributed by atoms with Crippen LogP contribution in [0.5, 0.6) is 5.75 Å². The number of carbonyl (C=O) groups is 2. The Morgan fingerprint density at radius 1 is 1.14 bits per heavy atom. The predicted octanol–water partition coefficient (Wildman–Crippen LogP) is 1.34. The largest absolute Gasteiger partial charge is 0.480 e. The highest BCUT2D eigenvalue weighted by molar-refractivity contribution is 5.77. The molecule has 116 valence electrons. The van der Waals surface area contributed by atoms with Gasteiger partial charge in [0.2, 0.25) is 0 Å². The topological polar surface area (TPSA) is 110 Å². The van der Waals surface area contributed by atoms with Crippen molar-refractivity contribution in [2.45, 2.75) is 24.7 Å². The van der Waals surface area contributed by atoms with E-state index in [9.17, 15) is 22.8 Å². The zero-order chi connectivity index (χ0) is 16.2. The van der Waals surface area contributed by atoms with Crippen molar-refractivity contribution in [2.75, 3.05) is 0 Å². The zero-order valence-corrected chi connectivity index (χ0v) is 10.5. The van der Waals surface area contributed by atoms with Crippen LogP contribution in [0.25, 0.3) is 0 Å². The van der Waals surface area contributed by atoms with E-state index < -0.39 is 42.2 Å². The first-order valence-electron chi connectivity index (χ1n) is 5.66. The average Bonchev–Trinajstić information content (AvgIpc) is 2.37. The van der Waals surface area contributed by atoms with Crippen molar-refractivity contribution < 1.29 is 37.7 Å². The first kappa shape index (κ1) is 16.8. The third-order valence-electron chi connectivity index (χ3n) is 2.52. The first-order valence-corrected chi connectivity index (χ1v) is 5.66. The molecule has 0 amide bonds. The summed E-state index contributed by atoms with van der Waals surface area (Å²) in [6, 6.07) is 1.90. The van der Waals surface area contributed by atoms with Crippen LogP contribution in [0.4, 0.5) is 13.2 Å². The summed E-state index contributed by atoms with van der Waals surface area (Å²) in [6.07, 6.45) is -6.62. The molecule has 0 aliphatic carbocycles. The minimum Gasteiger partial charge on any atom is -0.480 e. The van der Waals surface area contributed by atoms with Crippen LogP contribution in [0, 0.1) is 0 Å². The first-order chi connectivity index (χ1) is 9.61. The molecule has 0 aliphatic rings. The lowest BCUT2D eigenvalue weighted by atomic mass is 10.1. The number of halogens is 3. The Bertz CT molecular complexity index is 515. The fraction of sp³-hybridized carbons (Fsp3) is 0.333. The number of rotatable bonds is 6. The molecule has 6 nitrogen and oxygen atoms in total. The molecule has 4 N–H and O–H groups in total. The number of aliphatic carboxylic acids is 2. The van der Waals surface area contributed by atoms with Crippen LogP contribution in [0.1, 0.15) is 12.0 Å². The molecule has 0 spiro atoms. The van der Waals surface area contributed by atoms with Gasteiger partial charge in [0.05, 0.1) is 5.56 Å². The zero-order valence-electron chi connectivity index (χ0n) is 10.5. The number of carboxylic acid groups (broad SMARTS) is 2. The van der Waals surface area contributed by atoms with E-state index >= 15 is 0 Å². The van der Waals surface area contributed by atoms with E-state index in [1.54, 1.807) is 0 Å². The number of hydrogen-bond donors (Lipinski definition) is 3. The third-order valence-corrected chi connectivity index (χ3v) is 2.52. The van der Waals surface area contributed by atoms with Gasteiger partial charge in [-0.3, -0.25) is 4.79 Å². The van der Waals surface area contributed by atoms with Crippen LogP contribution in [-0.4, -0.2) is 34.3 Å². The fourth-order valence-electron chi connectivity index (χ4n) is 1.42. The summed E-state index contributed by atoms with van der Waals surface area (Å²) in [4.78, 5) is 21.5. The summed E-state index contributed by atoms with van der Waals surface area (Å²) in [5.41, 5.74) is 4.29. The summed E-state index contributed by atoms with van der Waals surface area (Å²) in [5, 5.41) is 17.5. The highest BCUT2D eigenvalue weighted by Gasteiger charge is 2.30. The van der Waals surface area contributed by atoms with E-state index in [2.05, 4.69) is 0 Å². The molecule has 0 aliphatic heterocycles.